The molecule has 23 heavy (non-hydrogen) atoms. The zero-order valence-corrected chi connectivity index (χ0v) is 17.7. The highest BCUT2D eigenvalue weighted by molar-refractivity contribution is 6.74. The van der Waals surface area contributed by atoms with Crippen LogP contribution in [0.5, 0.6) is 0 Å². The summed E-state index contributed by atoms with van der Waals surface area (Å²) in [6.07, 6.45) is 5.28. The number of carbonyl (C=O) groups excluding carboxylic acids is 1. The number of carbonyl (C=O) groups is 1. The van der Waals surface area contributed by atoms with Gasteiger partial charge in [-0.3, -0.25) is 4.79 Å². The summed E-state index contributed by atoms with van der Waals surface area (Å²) in [6.45, 7) is 16.3. The first-order chi connectivity index (χ1) is 10.4. The average Bonchev–Trinajstić information content (AvgIpc) is 2.35. The van der Waals surface area contributed by atoms with Gasteiger partial charge >= 0.3 is 5.97 Å². The summed E-state index contributed by atoms with van der Waals surface area (Å²) in [5.41, 5.74) is 2.32. The van der Waals surface area contributed by atoms with Crippen LogP contribution >= 0.6 is 11.6 Å². The van der Waals surface area contributed by atoms with Gasteiger partial charge in [-0.05, 0) is 50.9 Å². The van der Waals surface area contributed by atoms with Crippen molar-refractivity contribution in [1.29, 1.82) is 0 Å². The molecule has 0 aliphatic heterocycles. The van der Waals surface area contributed by atoms with Crippen molar-refractivity contribution in [2.24, 2.45) is 0 Å². The fourth-order valence-electron chi connectivity index (χ4n) is 1.64. The van der Waals surface area contributed by atoms with Gasteiger partial charge in [-0.25, -0.2) is 0 Å². The Morgan fingerprint density at radius 2 is 1.74 bits per heavy atom. The second kappa shape index (κ2) is 9.65. The maximum atomic E-state index is 11.4. The van der Waals surface area contributed by atoms with Gasteiger partial charge in [-0.2, -0.15) is 0 Å². The molecule has 0 aromatic heterocycles. The van der Waals surface area contributed by atoms with Gasteiger partial charge in [0.15, 0.2) is 8.32 Å². The molecule has 0 N–H and O–H groups in total. The zero-order chi connectivity index (χ0) is 18.3. The third-order valence-corrected chi connectivity index (χ3v) is 9.02. The second-order valence-electron chi connectivity index (χ2n) is 7.59. The van der Waals surface area contributed by atoms with Crippen molar-refractivity contribution in [2.45, 2.75) is 78.8 Å². The molecule has 0 bridgehead atoms. The Hall–Kier alpha value is -0.583. The van der Waals surface area contributed by atoms with Crippen molar-refractivity contribution in [2.75, 3.05) is 5.88 Å². The fraction of sp³-hybridized carbons (Fsp3) is 0.722. The third kappa shape index (κ3) is 9.33. The lowest BCUT2D eigenvalue weighted by atomic mass is 10.1. The van der Waals surface area contributed by atoms with E-state index in [0.29, 0.717) is 5.88 Å². The van der Waals surface area contributed by atoms with Crippen LogP contribution in [0.2, 0.25) is 18.1 Å². The molecular formula is C18H33ClO3Si. The summed E-state index contributed by atoms with van der Waals surface area (Å²) in [5, 5.41) is 0.0628. The van der Waals surface area contributed by atoms with Crippen LogP contribution in [0.15, 0.2) is 23.3 Å². The Labute approximate surface area is 148 Å². The van der Waals surface area contributed by atoms with E-state index in [1.165, 1.54) is 12.5 Å². The lowest BCUT2D eigenvalue weighted by Gasteiger charge is -2.38. The van der Waals surface area contributed by atoms with E-state index in [4.69, 9.17) is 20.8 Å². The average molecular weight is 361 g/mol. The van der Waals surface area contributed by atoms with E-state index in [9.17, 15) is 4.79 Å². The minimum Gasteiger partial charge on any atom is -0.433 e. The number of alkyl halides is 1. The molecule has 0 aromatic carbocycles. The molecule has 1 atom stereocenters. The largest absolute Gasteiger partial charge is 0.433 e. The number of hydrogen-bond acceptors (Lipinski definition) is 3. The quantitative estimate of drug-likeness (QED) is 0.180. The van der Waals surface area contributed by atoms with Crippen LogP contribution in [0.4, 0.5) is 0 Å². The van der Waals surface area contributed by atoms with Gasteiger partial charge in [0.05, 0.1) is 0 Å². The molecule has 134 valence electrons. The van der Waals surface area contributed by atoms with E-state index < -0.39 is 14.6 Å². The Kier molecular flexibility index (Phi) is 9.40. The van der Waals surface area contributed by atoms with Gasteiger partial charge in [0.25, 0.3) is 0 Å². The standard InChI is InChI=1S/C18H33ClO3Si/c1-14(10-9-11-15(2)13-19)12-17(21-16(3)20)22-23(7,8)18(4,5)6/h11-12,17H,9-10,13H2,1-8H3/b14-12+,15-11+. The minimum absolute atomic E-state index is 0.0628. The third-order valence-electron chi connectivity index (χ3n) is 4.16. The van der Waals surface area contributed by atoms with Crippen LogP contribution in [0.1, 0.15) is 54.4 Å². The molecule has 0 heterocycles. The van der Waals surface area contributed by atoms with Crippen LogP contribution in [0, 0.1) is 0 Å². The van der Waals surface area contributed by atoms with Gasteiger partial charge in [0.1, 0.15) is 0 Å². The van der Waals surface area contributed by atoms with Crippen molar-refractivity contribution in [1.82, 2.24) is 0 Å². The smallest absolute Gasteiger partial charge is 0.305 e. The summed E-state index contributed by atoms with van der Waals surface area (Å²) in [5.74, 6) is 0.239. The van der Waals surface area contributed by atoms with Crippen molar-refractivity contribution in [3.63, 3.8) is 0 Å². The zero-order valence-electron chi connectivity index (χ0n) is 16.0. The summed E-state index contributed by atoms with van der Waals surface area (Å²) in [7, 11) is -2.01. The number of allylic oxidation sites excluding steroid dienone is 3. The second-order valence-corrected chi connectivity index (χ2v) is 12.6. The van der Waals surface area contributed by atoms with E-state index in [0.717, 1.165) is 18.4 Å². The molecule has 0 radical (unpaired) electrons. The molecule has 1 unspecified atom stereocenters. The maximum absolute atomic E-state index is 11.4. The molecule has 5 heteroatoms. The van der Waals surface area contributed by atoms with Gasteiger partial charge in [0.2, 0.25) is 6.29 Å². The summed E-state index contributed by atoms with van der Waals surface area (Å²) < 4.78 is 11.6. The normalized spacial score (nSPS) is 15.5. The summed E-state index contributed by atoms with van der Waals surface area (Å²) >= 11 is 5.77. The molecule has 0 saturated carbocycles. The van der Waals surface area contributed by atoms with Gasteiger partial charge < -0.3 is 9.16 Å². The Bertz CT molecular complexity index is 448. The van der Waals surface area contributed by atoms with Crippen LogP contribution in [0.3, 0.4) is 0 Å². The van der Waals surface area contributed by atoms with Gasteiger partial charge in [-0.15, -0.1) is 11.6 Å². The number of halogens is 1. The number of ether oxygens (including phenoxy) is 1. The molecule has 0 fully saturated rings. The van der Waals surface area contributed by atoms with Gasteiger partial charge in [0, 0.05) is 12.8 Å². The predicted molar refractivity (Wildman–Crippen MR) is 101 cm³/mol. The minimum atomic E-state index is -2.01. The summed E-state index contributed by atoms with van der Waals surface area (Å²) in [6, 6.07) is 0. The van der Waals surface area contributed by atoms with Crippen molar-refractivity contribution >= 4 is 25.9 Å². The molecule has 0 saturated heterocycles. The SMILES string of the molecule is CC(=O)OC(/C=C(\C)CC/C=C(\C)CCl)O[Si](C)(C)C(C)(C)C. The summed E-state index contributed by atoms with van der Waals surface area (Å²) in [4.78, 5) is 11.4. The van der Waals surface area contributed by atoms with E-state index >= 15 is 0 Å². The van der Waals surface area contributed by atoms with E-state index in [-0.39, 0.29) is 11.0 Å². The van der Waals surface area contributed by atoms with Crippen LogP contribution in [0.25, 0.3) is 0 Å². The highest BCUT2D eigenvalue weighted by Crippen LogP contribution is 2.37. The maximum Gasteiger partial charge on any atom is 0.305 e. The lowest BCUT2D eigenvalue weighted by Crippen LogP contribution is -2.44. The molecule has 0 rings (SSSR count). The van der Waals surface area contributed by atoms with E-state index in [1.54, 1.807) is 0 Å². The highest BCUT2D eigenvalue weighted by atomic mass is 35.5. The molecule has 0 spiro atoms. The van der Waals surface area contributed by atoms with Crippen LogP contribution < -0.4 is 0 Å². The molecule has 0 aliphatic rings. The number of esters is 1. The van der Waals surface area contributed by atoms with Crippen LogP contribution in [-0.2, 0) is 14.0 Å². The first kappa shape index (κ1) is 22.4. The molecule has 0 aromatic rings. The van der Waals surface area contributed by atoms with Gasteiger partial charge in [-0.1, -0.05) is 38.0 Å². The molecule has 0 aliphatic carbocycles. The first-order valence-corrected chi connectivity index (χ1v) is 11.6. The van der Waals surface area contributed by atoms with Crippen molar-refractivity contribution in [3.05, 3.63) is 23.3 Å². The lowest BCUT2D eigenvalue weighted by molar-refractivity contribution is -0.156. The monoisotopic (exact) mass is 360 g/mol. The first-order valence-electron chi connectivity index (χ1n) is 8.13. The Morgan fingerprint density at radius 1 is 1.17 bits per heavy atom. The van der Waals surface area contributed by atoms with Crippen molar-refractivity contribution < 1.29 is 14.0 Å². The molecular weight excluding hydrogens is 328 g/mol. The fourth-order valence-corrected chi connectivity index (χ4v) is 2.80. The number of rotatable bonds is 8. The Balaban J connectivity index is 4.97. The van der Waals surface area contributed by atoms with Crippen molar-refractivity contribution in [3.8, 4) is 0 Å². The Morgan fingerprint density at radius 3 is 2.17 bits per heavy atom. The highest BCUT2D eigenvalue weighted by Gasteiger charge is 2.39. The van der Waals surface area contributed by atoms with E-state index in [2.05, 4.69) is 39.9 Å². The topological polar surface area (TPSA) is 35.5 Å². The molecule has 0 amide bonds. The van der Waals surface area contributed by atoms with Crippen LogP contribution in [-0.4, -0.2) is 26.5 Å². The molecule has 3 nitrogen and oxygen atoms in total. The number of hydrogen-bond donors (Lipinski definition) is 0. The predicted octanol–water partition coefficient (Wildman–Crippen LogP) is 5.81. The van der Waals surface area contributed by atoms with E-state index in [1.807, 2.05) is 19.9 Å².